The topological polar surface area (TPSA) is 67.7 Å². The summed E-state index contributed by atoms with van der Waals surface area (Å²) in [4.78, 5) is 13.0. The molecule has 9 heteroatoms. The minimum Gasteiger partial charge on any atom is -0.369 e. The largest absolute Gasteiger partial charge is 0.369 e. The molecule has 0 amide bonds. The number of aromatic nitrogens is 4. The van der Waals surface area contributed by atoms with E-state index < -0.39 is 0 Å². The van der Waals surface area contributed by atoms with Gasteiger partial charge in [-0.25, -0.2) is 15.0 Å². The predicted octanol–water partition coefficient (Wildman–Crippen LogP) is 5.08. The molecule has 0 atom stereocenters. The average Bonchev–Trinajstić information content (AvgIpc) is 3.24. The number of nitrogens with one attached hydrogen (secondary N) is 2. The summed E-state index contributed by atoms with van der Waals surface area (Å²) < 4.78 is 1.87. The van der Waals surface area contributed by atoms with Gasteiger partial charge in [-0.1, -0.05) is 55.8 Å². The Hall–Kier alpha value is -1.80. The van der Waals surface area contributed by atoms with E-state index in [-0.39, 0.29) is 12.4 Å². The van der Waals surface area contributed by atoms with Gasteiger partial charge in [0.1, 0.15) is 18.0 Å². The first-order chi connectivity index (χ1) is 13.7. The summed E-state index contributed by atoms with van der Waals surface area (Å²) >= 11 is 7.40. The third kappa shape index (κ3) is 9.04. The van der Waals surface area contributed by atoms with Crippen molar-refractivity contribution in [1.82, 2.24) is 24.8 Å². The fourth-order valence-electron chi connectivity index (χ4n) is 2.24. The molecular weight excluding hydrogens is 427 g/mol. The molecule has 0 radical (unpaired) electrons. The van der Waals surface area contributed by atoms with Crippen molar-refractivity contribution in [3.63, 3.8) is 0 Å². The highest BCUT2D eigenvalue weighted by molar-refractivity contribution is 7.98. The van der Waals surface area contributed by atoms with Crippen molar-refractivity contribution in [2.75, 3.05) is 24.7 Å². The van der Waals surface area contributed by atoms with E-state index in [0.29, 0.717) is 0 Å². The van der Waals surface area contributed by atoms with E-state index in [1.54, 1.807) is 12.5 Å². The summed E-state index contributed by atoms with van der Waals surface area (Å²) in [5.41, 5.74) is 1.21. The number of thioether (sulfide) groups is 1. The van der Waals surface area contributed by atoms with Gasteiger partial charge in [0.05, 0.1) is 0 Å². The lowest BCUT2D eigenvalue weighted by Gasteiger charge is -2.10. The number of benzene rings is 1. The second-order valence-electron chi connectivity index (χ2n) is 6.01. The van der Waals surface area contributed by atoms with Crippen molar-refractivity contribution in [3.8, 4) is 5.82 Å². The summed E-state index contributed by atoms with van der Waals surface area (Å²) in [6, 6.07) is 9.77. The van der Waals surface area contributed by atoms with Gasteiger partial charge in [-0.3, -0.25) is 4.57 Å². The number of hydrogen-bond acceptors (Lipinski definition) is 6. The van der Waals surface area contributed by atoms with Crippen LogP contribution in [0.25, 0.3) is 5.82 Å². The molecule has 0 aliphatic carbocycles. The Kier molecular flexibility index (Phi) is 12.4. The van der Waals surface area contributed by atoms with Crippen LogP contribution >= 0.6 is 35.8 Å². The van der Waals surface area contributed by atoms with Gasteiger partial charge >= 0.3 is 0 Å². The van der Waals surface area contributed by atoms with Gasteiger partial charge in [0, 0.05) is 43.1 Å². The Morgan fingerprint density at radius 1 is 1.10 bits per heavy atom. The summed E-state index contributed by atoms with van der Waals surface area (Å²) in [6.45, 7) is 6.64. The van der Waals surface area contributed by atoms with Crippen molar-refractivity contribution in [2.24, 2.45) is 0 Å². The van der Waals surface area contributed by atoms with Crippen LogP contribution in [-0.4, -0.2) is 38.9 Å². The highest BCUT2D eigenvalue weighted by atomic mass is 35.5. The number of nitrogens with zero attached hydrogens (tertiary/aromatic N) is 4. The number of halogens is 2. The lowest BCUT2D eigenvalue weighted by Crippen LogP contribution is -2.22. The van der Waals surface area contributed by atoms with E-state index in [1.807, 2.05) is 47.4 Å². The SMILES string of the molecule is CCC.CSc1nc(NCCNCc2ccc(Cl)cc2)cc(-n2ccnc2)n1.Cl. The molecule has 0 unspecified atom stereocenters. The van der Waals surface area contributed by atoms with Crippen LogP contribution in [0.5, 0.6) is 0 Å². The van der Waals surface area contributed by atoms with E-state index in [4.69, 9.17) is 11.6 Å². The van der Waals surface area contributed by atoms with E-state index >= 15 is 0 Å². The summed E-state index contributed by atoms with van der Waals surface area (Å²) in [5, 5.41) is 8.21. The lowest BCUT2D eigenvalue weighted by atomic mass is 10.2. The summed E-state index contributed by atoms with van der Waals surface area (Å²) in [6.07, 6.45) is 8.53. The lowest BCUT2D eigenvalue weighted by molar-refractivity contribution is 0.705. The molecule has 0 spiro atoms. The average molecular weight is 455 g/mol. The van der Waals surface area contributed by atoms with Gasteiger partial charge in [0.2, 0.25) is 0 Å². The maximum Gasteiger partial charge on any atom is 0.191 e. The van der Waals surface area contributed by atoms with Crippen LogP contribution in [0.4, 0.5) is 5.82 Å². The normalized spacial score (nSPS) is 9.93. The van der Waals surface area contributed by atoms with Crippen LogP contribution in [-0.2, 0) is 6.54 Å². The molecule has 1 aromatic carbocycles. The molecule has 0 saturated carbocycles. The molecule has 2 aromatic heterocycles. The molecule has 3 aromatic rings. The second-order valence-corrected chi connectivity index (χ2v) is 7.21. The first-order valence-corrected chi connectivity index (χ1v) is 10.9. The Labute approximate surface area is 188 Å². The van der Waals surface area contributed by atoms with Gasteiger partial charge in [-0.15, -0.1) is 12.4 Å². The van der Waals surface area contributed by atoms with E-state index in [0.717, 1.165) is 41.4 Å². The van der Waals surface area contributed by atoms with Crippen LogP contribution < -0.4 is 10.6 Å². The van der Waals surface area contributed by atoms with Crippen molar-refractivity contribution >= 4 is 41.6 Å². The fraction of sp³-hybridized carbons (Fsp3) is 0.350. The number of imidazole rings is 1. The Balaban J connectivity index is 0.000000990. The minimum absolute atomic E-state index is 0. The molecular formula is C20H28Cl2N6S. The zero-order valence-electron chi connectivity index (χ0n) is 16.9. The van der Waals surface area contributed by atoms with Crippen molar-refractivity contribution in [1.29, 1.82) is 0 Å². The maximum atomic E-state index is 5.89. The maximum absolute atomic E-state index is 5.89. The number of hydrogen-bond donors (Lipinski definition) is 2. The van der Waals surface area contributed by atoms with Gasteiger partial charge in [-0.05, 0) is 24.0 Å². The van der Waals surface area contributed by atoms with Gasteiger partial charge in [-0.2, -0.15) is 0 Å². The van der Waals surface area contributed by atoms with Crippen molar-refractivity contribution in [3.05, 3.63) is 59.6 Å². The zero-order valence-corrected chi connectivity index (χ0v) is 19.3. The minimum atomic E-state index is 0. The van der Waals surface area contributed by atoms with Crippen LogP contribution in [0.1, 0.15) is 25.8 Å². The molecule has 29 heavy (non-hydrogen) atoms. The van der Waals surface area contributed by atoms with Crippen LogP contribution in [0, 0.1) is 0 Å². The third-order valence-corrected chi connectivity index (χ3v) is 4.29. The highest BCUT2D eigenvalue weighted by Crippen LogP contribution is 2.16. The molecule has 3 rings (SSSR count). The number of anilines is 1. The first-order valence-electron chi connectivity index (χ1n) is 9.26. The van der Waals surface area contributed by atoms with Crippen molar-refractivity contribution < 1.29 is 0 Å². The van der Waals surface area contributed by atoms with Crippen LogP contribution in [0.3, 0.4) is 0 Å². The Bertz CT molecular complexity index is 812. The van der Waals surface area contributed by atoms with Crippen LogP contribution in [0.2, 0.25) is 5.02 Å². The fourth-order valence-corrected chi connectivity index (χ4v) is 2.74. The molecule has 0 fully saturated rings. The Morgan fingerprint density at radius 2 is 1.83 bits per heavy atom. The quantitative estimate of drug-likeness (QED) is 0.281. The zero-order chi connectivity index (χ0) is 20.2. The van der Waals surface area contributed by atoms with Crippen LogP contribution in [0.15, 0.2) is 54.2 Å². The molecule has 0 aliphatic heterocycles. The number of rotatable bonds is 8. The van der Waals surface area contributed by atoms with Gasteiger partial charge in [0.25, 0.3) is 0 Å². The highest BCUT2D eigenvalue weighted by Gasteiger charge is 2.05. The molecule has 158 valence electrons. The predicted molar refractivity (Wildman–Crippen MR) is 126 cm³/mol. The Morgan fingerprint density at radius 3 is 2.45 bits per heavy atom. The summed E-state index contributed by atoms with van der Waals surface area (Å²) in [5.74, 6) is 1.60. The molecule has 0 bridgehead atoms. The molecule has 2 heterocycles. The monoisotopic (exact) mass is 454 g/mol. The van der Waals surface area contributed by atoms with E-state index in [1.165, 1.54) is 23.7 Å². The van der Waals surface area contributed by atoms with E-state index in [2.05, 4.69) is 39.4 Å². The van der Waals surface area contributed by atoms with E-state index in [9.17, 15) is 0 Å². The molecule has 6 nitrogen and oxygen atoms in total. The summed E-state index contributed by atoms with van der Waals surface area (Å²) in [7, 11) is 0. The van der Waals surface area contributed by atoms with Crippen molar-refractivity contribution in [2.45, 2.75) is 32.0 Å². The molecule has 2 N–H and O–H groups in total. The third-order valence-electron chi connectivity index (χ3n) is 3.49. The van der Waals surface area contributed by atoms with Gasteiger partial charge < -0.3 is 10.6 Å². The molecule has 0 saturated heterocycles. The molecule has 0 aliphatic rings. The first kappa shape index (κ1) is 25.2. The standard InChI is InChI=1S/C17H19ClN6S.C3H8.ClH/c1-25-17-22-15(10-16(23-17)24-9-8-20-12-24)21-7-6-19-11-13-2-4-14(18)5-3-13;1-3-2;/h2-5,8-10,12,19H,6-7,11H2,1H3,(H,21,22,23);3H2,1-2H3;1H. The second kappa shape index (κ2) is 14.2. The smallest absolute Gasteiger partial charge is 0.191 e. The van der Waals surface area contributed by atoms with Gasteiger partial charge in [0.15, 0.2) is 5.16 Å².